The molecule has 1 aromatic carbocycles. The van der Waals surface area contributed by atoms with E-state index in [1.807, 2.05) is 30.3 Å². The van der Waals surface area contributed by atoms with Gasteiger partial charge >= 0.3 is 0 Å². The van der Waals surface area contributed by atoms with Gasteiger partial charge in [-0.15, -0.1) is 0 Å². The number of hydrogen-bond donors (Lipinski definition) is 3. The van der Waals surface area contributed by atoms with Crippen molar-refractivity contribution < 1.29 is 4.79 Å². The number of rotatable bonds is 8. The third-order valence-corrected chi connectivity index (χ3v) is 3.19. The number of primary amides is 1. The molecule has 0 bridgehead atoms. The smallest absolute Gasteiger partial charge is 0.225 e. The summed E-state index contributed by atoms with van der Waals surface area (Å²) in [5.74, 6) is 0.769. The van der Waals surface area contributed by atoms with E-state index in [0.29, 0.717) is 24.6 Å². The number of allylic oxidation sites excluding steroid dienone is 2. The minimum Gasteiger partial charge on any atom is -0.383 e. The first-order chi connectivity index (χ1) is 10.7. The molecular formula is C16H21N5O. The van der Waals surface area contributed by atoms with Crippen LogP contribution in [-0.4, -0.2) is 22.4 Å². The van der Waals surface area contributed by atoms with Crippen LogP contribution in [0, 0.1) is 0 Å². The van der Waals surface area contributed by atoms with Gasteiger partial charge in [-0.1, -0.05) is 24.3 Å². The number of hydrogen-bond acceptors (Lipinski definition) is 5. The second-order valence-corrected chi connectivity index (χ2v) is 5.00. The standard InChI is InChI=1S/C16H21N5O/c17-14(22)10-4-2-1-3-7-11-19-16-20-13-9-6-5-8-12(13)15(18)21-16/h1-2,5-6,8-9H,3-4,7,10-11H2,(H2,17,22)(H3,18,19,20,21). The molecule has 1 aromatic heterocycles. The third kappa shape index (κ3) is 4.73. The van der Waals surface area contributed by atoms with Gasteiger partial charge in [0.25, 0.3) is 0 Å². The van der Waals surface area contributed by atoms with E-state index >= 15 is 0 Å². The minimum atomic E-state index is -0.266. The quantitative estimate of drug-likeness (QED) is 0.512. The summed E-state index contributed by atoms with van der Waals surface area (Å²) < 4.78 is 0. The Balaban J connectivity index is 1.77. The molecule has 0 aliphatic carbocycles. The molecule has 0 spiro atoms. The van der Waals surface area contributed by atoms with Crippen LogP contribution in [0.4, 0.5) is 11.8 Å². The van der Waals surface area contributed by atoms with Crippen LogP contribution in [0.1, 0.15) is 25.7 Å². The van der Waals surface area contributed by atoms with Crippen molar-refractivity contribution >= 4 is 28.6 Å². The molecule has 1 heterocycles. The van der Waals surface area contributed by atoms with Gasteiger partial charge in [-0.3, -0.25) is 4.79 Å². The van der Waals surface area contributed by atoms with Gasteiger partial charge in [-0.25, -0.2) is 4.98 Å². The summed E-state index contributed by atoms with van der Waals surface area (Å²) in [6, 6.07) is 7.67. The van der Waals surface area contributed by atoms with E-state index in [9.17, 15) is 4.79 Å². The maximum Gasteiger partial charge on any atom is 0.225 e. The largest absolute Gasteiger partial charge is 0.383 e. The molecule has 116 valence electrons. The molecule has 2 rings (SSSR count). The molecule has 0 atom stereocenters. The second kappa shape index (κ2) is 7.97. The van der Waals surface area contributed by atoms with E-state index < -0.39 is 0 Å². The molecule has 1 amide bonds. The number of amides is 1. The van der Waals surface area contributed by atoms with Crippen molar-refractivity contribution in [1.29, 1.82) is 0 Å². The molecule has 5 N–H and O–H groups in total. The van der Waals surface area contributed by atoms with Crippen molar-refractivity contribution in [3.63, 3.8) is 0 Å². The molecule has 0 radical (unpaired) electrons. The highest BCUT2D eigenvalue weighted by Crippen LogP contribution is 2.18. The molecular weight excluding hydrogens is 278 g/mol. The molecule has 0 saturated carbocycles. The predicted molar refractivity (Wildman–Crippen MR) is 89.2 cm³/mol. The van der Waals surface area contributed by atoms with Crippen LogP contribution < -0.4 is 16.8 Å². The lowest BCUT2D eigenvalue weighted by Gasteiger charge is -2.06. The number of nitrogens with two attached hydrogens (primary N) is 2. The Morgan fingerprint density at radius 3 is 2.77 bits per heavy atom. The molecule has 0 aliphatic heterocycles. The highest BCUT2D eigenvalue weighted by Gasteiger charge is 2.03. The average Bonchev–Trinajstić information content (AvgIpc) is 2.50. The number of nitrogens with zero attached hydrogens (tertiary/aromatic N) is 2. The Kier molecular flexibility index (Phi) is 5.71. The molecule has 6 heteroatoms. The monoisotopic (exact) mass is 299 g/mol. The Labute approximate surface area is 129 Å². The van der Waals surface area contributed by atoms with Crippen LogP contribution in [0.25, 0.3) is 10.9 Å². The molecule has 2 aromatic rings. The molecule has 0 unspecified atom stereocenters. The van der Waals surface area contributed by atoms with Crippen LogP contribution >= 0.6 is 0 Å². The molecule has 0 saturated heterocycles. The first-order valence-corrected chi connectivity index (χ1v) is 7.36. The third-order valence-electron chi connectivity index (χ3n) is 3.19. The number of carbonyl (C=O) groups is 1. The van der Waals surface area contributed by atoms with Gasteiger partial charge < -0.3 is 16.8 Å². The van der Waals surface area contributed by atoms with Crippen molar-refractivity contribution in [3.8, 4) is 0 Å². The Bertz CT molecular complexity index is 669. The lowest BCUT2D eigenvalue weighted by atomic mass is 10.2. The van der Waals surface area contributed by atoms with Crippen LogP contribution in [-0.2, 0) is 4.79 Å². The van der Waals surface area contributed by atoms with E-state index in [1.54, 1.807) is 0 Å². The molecule has 0 fully saturated rings. The van der Waals surface area contributed by atoms with E-state index in [0.717, 1.165) is 30.3 Å². The number of nitrogens with one attached hydrogen (secondary N) is 1. The average molecular weight is 299 g/mol. The molecule has 22 heavy (non-hydrogen) atoms. The summed E-state index contributed by atoms with van der Waals surface area (Å²) in [5.41, 5.74) is 11.8. The van der Waals surface area contributed by atoms with Gasteiger partial charge in [-0.2, -0.15) is 4.98 Å². The van der Waals surface area contributed by atoms with Gasteiger partial charge in [-0.05, 0) is 31.4 Å². The predicted octanol–water partition coefficient (Wildman–Crippen LogP) is 2.23. The van der Waals surface area contributed by atoms with E-state index in [4.69, 9.17) is 11.5 Å². The zero-order valence-corrected chi connectivity index (χ0v) is 12.5. The van der Waals surface area contributed by atoms with Crippen LogP contribution in [0.5, 0.6) is 0 Å². The number of unbranched alkanes of at least 4 members (excludes halogenated alkanes) is 1. The van der Waals surface area contributed by atoms with Crippen LogP contribution in [0.15, 0.2) is 36.4 Å². The molecule has 6 nitrogen and oxygen atoms in total. The van der Waals surface area contributed by atoms with Crippen molar-refractivity contribution in [3.05, 3.63) is 36.4 Å². The summed E-state index contributed by atoms with van der Waals surface area (Å²) in [4.78, 5) is 19.3. The molecule has 0 aliphatic rings. The first-order valence-electron chi connectivity index (χ1n) is 7.36. The van der Waals surface area contributed by atoms with E-state index in [1.165, 1.54) is 0 Å². The van der Waals surface area contributed by atoms with E-state index in [2.05, 4.69) is 21.4 Å². The van der Waals surface area contributed by atoms with Gasteiger partial charge in [0, 0.05) is 18.4 Å². The topological polar surface area (TPSA) is 107 Å². The van der Waals surface area contributed by atoms with Crippen molar-refractivity contribution in [1.82, 2.24) is 9.97 Å². The number of aromatic nitrogens is 2. The fraction of sp³-hybridized carbons (Fsp3) is 0.312. The lowest BCUT2D eigenvalue weighted by molar-refractivity contribution is -0.117. The summed E-state index contributed by atoms with van der Waals surface area (Å²) in [6.45, 7) is 0.762. The number of para-hydroxylation sites is 1. The van der Waals surface area contributed by atoms with Crippen LogP contribution in [0.3, 0.4) is 0 Å². The maximum absolute atomic E-state index is 10.6. The number of nitrogen functional groups attached to an aromatic ring is 1. The normalized spacial score (nSPS) is 11.1. The first kappa shape index (κ1) is 15.8. The Morgan fingerprint density at radius 1 is 1.18 bits per heavy atom. The van der Waals surface area contributed by atoms with Crippen LogP contribution in [0.2, 0.25) is 0 Å². The summed E-state index contributed by atoms with van der Waals surface area (Å²) in [6.07, 6.45) is 7.01. The van der Waals surface area contributed by atoms with Gasteiger partial charge in [0.1, 0.15) is 5.82 Å². The number of fused-ring (bicyclic) bond motifs is 1. The van der Waals surface area contributed by atoms with Crippen molar-refractivity contribution in [2.45, 2.75) is 25.7 Å². The summed E-state index contributed by atoms with van der Waals surface area (Å²) >= 11 is 0. The minimum absolute atomic E-state index is 0.266. The van der Waals surface area contributed by atoms with Gasteiger partial charge in [0.15, 0.2) is 0 Å². The number of benzene rings is 1. The zero-order chi connectivity index (χ0) is 15.8. The van der Waals surface area contributed by atoms with Gasteiger partial charge in [0.05, 0.1) is 5.52 Å². The Morgan fingerprint density at radius 2 is 1.95 bits per heavy atom. The summed E-state index contributed by atoms with van der Waals surface area (Å²) in [7, 11) is 0. The number of anilines is 2. The Hall–Kier alpha value is -2.63. The van der Waals surface area contributed by atoms with Gasteiger partial charge in [0.2, 0.25) is 11.9 Å². The highest BCUT2D eigenvalue weighted by atomic mass is 16.1. The van der Waals surface area contributed by atoms with E-state index in [-0.39, 0.29) is 5.91 Å². The maximum atomic E-state index is 10.6. The lowest BCUT2D eigenvalue weighted by Crippen LogP contribution is -2.08. The highest BCUT2D eigenvalue weighted by molar-refractivity contribution is 5.88. The fourth-order valence-corrected chi connectivity index (χ4v) is 2.06. The number of carbonyl (C=O) groups excluding carboxylic acids is 1. The zero-order valence-electron chi connectivity index (χ0n) is 12.5. The van der Waals surface area contributed by atoms with Crippen molar-refractivity contribution in [2.75, 3.05) is 17.6 Å². The SMILES string of the molecule is NC(=O)CCC=CCCCNc1nc(N)c2ccccc2n1. The second-order valence-electron chi connectivity index (χ2n) is 5.00. The fourth-order valence-electron chi connectivity index (χ4n) is 2.06. The summed E-state index contributed by atoms with van der Waals surface area (Å²) in [5, 5.41) is 4.04. The van der Waals surface area contributed by atoms with Crippen molar-refractivity contribution in [2.24, 2.45) is 5.73 Å².